The maximum absolute atomic E-state index is 10.9. The van der Waals surface area contributed by atoms with Crippen molar-refractivity contribution in [1.29, 1.82) is 0 Å². The molecule has 1 atom stereocenters. The number of hydrogen-bond acceptors (Lipinski definition) is 3. The molecule has 19 heavy (non-hydrogen) atoms. The van der Waals surface area contributed by atoms with Crippen LogP contribution in [0.2, 0.25) is 0 Å². The average Bonchev–Trinajstić information content (AvgIpc) is 2.38. The molecule has 0 heterocycles. The van der Waals surface area contributed by atoms with Crippen LogP contribution in [-0.4, -0.2) is 30.7 Å². The van der Waals surface area contributed by atoms with E-state index in [-0.39, 0.29) is 12.5 Å². The zero-order chi connectivity index (χ0) is 14.7. The largest absolute Gasteiger partial charge is 0.396 e. The molecule has 0 aromatic carbocycles. The van der Waals surface area contributed by atoms with Crippen molar-refractivity contribution in [2.24, 2.45) is 5.92 Å². The van der Waals surface area contributed by atoms with Crippen molar-refractivity contribution in [2.75, 3.05) is 19.7 Å². The SMILES string of the molecule is C=C/C(=C\C=C(/C)CNCCC(C)CO)NC(C)=O. The molecule has 0 aliphatic heterocycles. The lowest BCUT2D eigenvalue weighted by atomic mass is 10.1. The van der Waals surface area contributed by atoms with Gasteiger partial charge in [0, 0.05) is 25.8 Å². The summed E-state index contributed by atoms with van der Waals surface area (Å²) < 4.78 is 0. The maximum atomic E-state index is 10.9. The van der Waals surface area contributed by atoms with Gasteiger partial charge in [0.1, 0.15) is 0 Å². The van der Waals surface area contributed by atoms with E-state index in [0.717, 1.165) is 19.5 Å². The lowest BCUT2D eigenvalue weighted by molar-refractivity contribution is -0.118. The van der Waals surface area contributed by atoms with Crippen LogP contribution in [0.3, 0.4) is 0 Å². The number of aliphatic hydroxyl groups excluding tert-OH is 1. The molecule has 0 rings (SSSR count). The molecule has 0 spiro atoms. The molecule has 0 radical (unpaired) electrons. The zero-order valence-electron chi connectivity index (χ0n) is 12.2. The normalized spacial score (nSPS) is 14.1. The molecule has 0 saturated carbocycles. The minimum absolute atomic E-state index is 0.103. The van der Waals surface area contributed by atoms with Crippen molar-refractivity contribution in [3.8, 4) is 0 Å². The predicted octanol–water partition coefficient (Wildman–Crippen LogP) is 1.75. The Balaban J connectivity index is 4.07. The van der Waals surface area contributed by atoms with Gasteiger partial charge in [-0.1, -0.05) is 25.2 Å². The Morgan fingerprint density at radius 3 is 2.58 bits per heavy atom. The first-order valence-corrected chi connectivity index (χ1v) is 6.58. The third-order valence-corrected chi connectivity index (χ3v) is 2.62. The maximum Gasteiger partial charge on any atom is 0.221 e. The van der Waals surface area contributed by atoms with Gasteiger partial charge >= 0.3 is 0 Å². The fraction of sp³-hybridized carbons (Fsp3) is 0.533. The molecule has 0 fully saturated rings. The van der Waals surface area contributed by atoms with E-state index in [4.69, 9.17) is 5.11 Å². The summed E-state index contributed by atoms with van der Waals surface area (Å²) in [6, 6.07) is 0. The van der Waals surface area contributed by atoms with Gasteiger partial charge in [0.05, 0.1) is 0 Å². The smallest absolute Gasteiger partial charge is 0.221 e. The van der Waals surface area contributed by atoms with Crippen LogP contribution in [0.4, 0.5) is 0 Å². The van der Waals surface area contributed by atoms with Crippen molar-refractivity contribution in [2.45, 2.75) is 27.2 Å². The number of hydrogen-bond donors (Lipinski definition) is 3. The number of allylic oxidation sites excluding steroid dienone is 3. The summed E-state index contributed by atoms with van der Waals surface area (Å²) in [6.07, 6.45) is 6.36. The van der Waals surface area contributed by atoms with E-state index in [0.29, 0.717) is 11.6 Å². The van der Waals surface area contributed by atoms with Crippen molar-refractivity contribution < 1.29 is 9.90 Å². The number of nitrogens with one attached hydrogen (secondary N) is 2. The number of aliphatic hydroxyl groups is 1. The molecule has 4 heteroatoms. The second kappa shape index (κ2) is 10.5. The molecule has 108 valence electrons. The van der Waals surface area contributed by atoms with Gasteiger partial charge < -0.3 is 15.7 Å². The van der Waals surface area contributed by atoms with Crippen LogP contribution in [0.5, 0.6) is 0 Å². The van der Waals surface area contributed by atoms with Crippen LogP contribution in [0.15, 0.2) is 36.1 Å². The molecule has 0 aromatic rings. The highest BCUT2D eigenvalue weighted by Crippen LogP contribution is 1.99. The van der Waals surface area contributed by atoms with Crippen LogP contribution in [-0.2, 0) is 4.79 Å². The highest BCUT2D eigenvalue weighted by Gasteiger charge is 1.98. The first kappa shape index (κ1) is 17.6. The average molecular weight is 266 g/mol. The number of carbonyl (C=O) groups is 1. The second-order valence-electron chi connectivity index (χ2n) is 4.77. The Hall–Kier alpha value is -1.39. The summed E-state index contributed by atoms with van der Waals surface area (Å²) >= 11 is 0. The second-order valence-corrected chi connectivity index (χ2v) is 4.77. The monoisotopic (exact) mass is 266 g/mol. The Morgan fingerprint density at radius 2 is 2.05 bits per heavy atom. The first-order chi connectivity index (χ1) is 8.99. The number of rotatable bonds is 9. The van der Waals surface area contributed by atoms with Crippen LogP contribution in [0.1, 0.15) is 27.2 Å². The number of carbonyl (C=O) groups excluding carboxylic acids is 1. The van der Waals surface area contributed by atoms with E-state index in [1.165, 1.54) is 12.5 Å². The Bertz CT molecular complexity index is 346. The zero-order valence-corrected chi connectivity index (χ0v) is 12.2. The molecule has 1 unspecified atom stereocenters. The summed E-state index contributed by atoms with van der Waals surface area (Å²) in [5.74, 6) is 0.233. The third-order valence-electron chi connectivity index (χ3n) is 2.62. The molecule has 3 N–H and O–H groups in total. The topological polar surface area (TPSA) is 61.4 Å². The van der Waals surface area contributed by atoms with Gasteiger partial charge in [0.2, 0.25) is 5.91 Å². The van der Waals surface area contributed by atoms with Crippen molar-refractivity contribution >= 4 is 5.91 Å². The quantitative estimate of drug-likeness (QED) is 0.440. The predicted molar refractivity (Wildman–Crippen MR) is 79.6 cm³/mol. The third kappa shape index (κ3) is 10.2. The highest BCUT2D eigenvalue weighted by molar-refractivity contribution is 5.75. The van der Waals surface area contributed by atoms with E-state index >= 15 is 0 Å². The highest BCUT2D eigenvalue weighted by atomic mass is 16.3. The van der Waals surface area contributed by atoms with Crippen LogP contribution in [0, 0.1) is 5.92 Å². The molecule has 0 saturated heterocycles. The fourth-order valence-corrected chi connectivity index (χ4v) is 1.38. The van der Waals surface area contributed by atoms with E-state index in [9.17, 15) is 4.79 Å². The van der Waals surface area contributed by atoms with Crippen LogP contribution in [0.25, 0.3) is 0 Å². The van der Waals surface area contributed by atoms with Gasteiger partial charge in [-0.15, -0.1) is 0 Å². The van der Waals surface area contributed by atoms with Gasteiger partial charge in [0.25, 0.3) is 0 Å². The summed E-state index contributed by atoms with van der Waals surface area (Å²) in [6.45, 7) is 11.1. The number of amides is 1. The van der Waals surface area contributed by atoms with Gasteiger partial charge in [-0.25, -0.2) is 0 Å². The van der Waals surface area contributed by atoms with Gasteiger partial charge in [-0.2, -0.15) is 0 Å². The van der Waals surface area contributed by atoms with Gasteiger partial charge in [-0.05, 0) is 38.0 Å². The summed E-state index contributed by atoms with van der Waals surface area (Å²) in [7, 11) is 0. The molecule has 0 aliphatic rings. The summed E-state index contributed by atoms with van der Waals surface area (Å²) in [5, 5.41) is 14.9. The lowest BCUT2D eigenvalue weighted by Gasteiger charge is -2.08. The van der Waals surface area contributed by atoms with Crippen LogP contribution < -0.4 is 10.6 Å². The first-order valence-electron chi connectivity index (χ1n) is 6.58. The van der Waals surface area contributed by atoms with Crippen molar-refractivity contribution in [1.82, 2.24) is 10.6 Å². The van der Waals surface area contributed by atoms with Crippen LogP contribution >= 0.6 is 0 Å². The molecule has 1 amide bonds. The van der Waals surface area contributed by atoms with E-state index in [1.54, 1.807) is 6.08 Å². The van der Waals surface area contributed by atoms with Gasteiger partial charge in [-0.3, -0.25) is 4.79 Å². The standard InChI is InChI=1S/C15H26N2O2/c1-5-15(17-14(4)19)7-6-12(2)10-16-9-8-13(3)11-18/h5-7,13,16,18H,1,8-11H2,2-4H3,(H,17,19)/b12-6+,15-7+. The summed E-state index contributed by atoms with van der Waals surface area (Å²) in [5.41, 5.74) is 1.86. The molecule has 0 aliphatic carbocycles. The molecule has 0 aromatic heterocycles. The molecule has 0 bridgehead atoms. The van der Waals surface area contributed by atoms with Gasteiger partial charge in [0.15, 0.2) is 0 Å². The van der Waals surface area contributed by atoms with Crippen molar-refractivity contribution in [3.05, 3.63) is 36.1 Å². The van der Waals surface area contributed by atoms with E-state index in [1.807, 2.05) is 26.0 Å². The fourth-order valence-electron chi connectivity index (χ4n) is 1.38. The minimum atomic E-state index is -0.103. The molecular formula is C15H26N2O2. The van der Waals surface area contributed by atoms with E-state index in [2.05, 4.69) is 17.2 Å². The Kier molecular flexibility index (Phi) is 9.75. The van der Waals surface area contributed by atoms with Crippen molar-refractivity contribution in [3.63, 3.8) is 0 Å². The Labute approximate surface area is 116 Å². The van der Waals surface area contributed by atoms with E-state index < -0.39 is 0 Å². The molecular weight excluding hydrogens is 240 g/mol. The lowest BCUT2D eigenvalue weighted by Crippen LogP contribution is -2.20. The Morgan fingerprint density at radius 1 is 1.37 bits per heavy atom. The molecule has 4 nitrogen and oxygen atoms in total. The minimum Gasteiger partial charge on any atom is -0.396 e. The summed E-state index contributed by atoms with van der Waals surface area (Å²) in [4.78, 5) is 10.9.